The first-order chi connectivity index (χ1) is 8.28. The van der Waals surface area contributed by atoms with Gasteiger partial charge in [0.1, 0.15) is 5.82 Å². The molecule has 4 nitrogen and oxygen atoms in total. The second-order valence-electron chi connectivity index (χ2n) is 4.83. The largest absolute Gasteiger partial charge is 0.481 e. The van der Waals surface area contributed by atoms with Crippen molar-refractivity contribution in [3.63, 3.8) is 0 Å². The normalized spacial score (nSPS) is 18.0. The quantitative estimate of drug-likeness (QED) is 0.819. The van der Waals surface area contributed by atoms with Crippen molar-refractivity contribution in [2.24, 2.45) is 11.1 Å². The topological polar surface area (TPSA) is 60.2 Å². The summed E-state index contributed by atoms with van der Waals surface area (Å²) in [7, 11) is 1.63. The number of aromatic nitrogens is 1. The van der Waals surface area contributed by atoms with Crippen LogP contribution in [0.2, 0.25) is 0 Å². The van der Waals surface area contributed by atoms with Crippen LogP contribution in [0.1, 0.15) is 25.7 Å². The minimum atomic E-state index is 0.269. The highest BCUT2D eigenvalue weighted by Crippen LogP contribution is 2.37. The van der Waals surface area contributed by atoms with Gasteiger partial charge in [-0.15, -0.1) is 0 Å². The van der Waals surface area contributed by atoms with Gasteiger partial charge in [-0.2, -0.15) is 4.98 Å². The third kappa shape index (κ3) is 2.88. The third-order valence-corrected chi connectivity index (χ3v) is 3.67. The molecule has 1 aromatic heterocycles. The first-order valence-electron chi connectivity index (χ1n) is 6.23. The second kappa shape index (κ2) is 5.36. The minimum absolute atomic E-state index is 0.269. The Bertz CT molecular complexity index is 361. The van der Waals surface area contributed by atoms with Crippen molar-refractivity contribution in [1.29, 1.82) is 0 Å². The molecule has 0 bridgehead atoms. The molecule has 0 aliphatic heterocycles. The van der Waals surface area contributed by atoms with E-state index in [0.717, 1.165) is 18.9 Å². The van der Waals surface area contributed by atoms with E-state index in [-0.39, 0.29) is 5.41 Å². The summed E-state index contributed by atoms with van der Waals surface area (Å²) in [6.07, 6.45) is 5.04. The molecule has 1 saturated carbocycles. The maximum absolute atomic E-state index is 5.90. The average molecular weight is 235 g/mol. The van der Waals surface area contributed by atoms with Crippen LogP contribution in [0.25, 0.3) is 0 Å². The number of hydrogen-bond donors (Lipinski definition) is 2. The summed E-state index contributed by atoms with van der Waals surface area (Å²) >= 11 is 0. The van der Waals surface area contributed by atoms with Crippen molar-refractivity contribution in [2.75, 3.05) is 25.5 Å². The van der Waals surface area contributed by atoms with E-state index in [2.05, 4.69) is 10.3 Å². The van der Waals surface area contributed by atoms with Gasteiger partial charge in [-0.25, -0.2) is 0 Å². The summed E-state index contributed by atoms with van der Waals surface area (Å²) in [5.41, 5.74) is 6.17. The zero-order valence-corrected chi connectivity index (χ0v) is 10.4. The molecule has 4 heteroatoms. The molecule has 0 saturated heterocycles. The van der Waals surface area contributed by atoms with E-state index in [1.165, 1.54) is 25.7 Å². The lowest BCUT2D eigenvalue weighted by molar-refractivity contribution is 0.331. The van der Waals surface area contributed by atoms with E-state index in [0.29, 0.717) is 5.88 Å². The van der Waals surface area contributed by atoms with Crippen LogP contribution in [0.5, 0.6) is 5.88 Å². The summed E-state index contributed by atoms with van der Waals surface area (Å²) in [4.78, 5) is 4.34. The molecular formula is C13H21N3O. The number of methoxy groups -OCH3 is 1. The Morgan fingerprint density at radius 3 is 2.82 bits per heavy atom. The molecule has 94 valence electrons. The molecule has 2 rings (SSSR count). The molecule has 0 aromatic carbocycles. The maximum Gasteiger partial charge on any atom is 0.214 e. The van der Waals surface area contributed by atoms with Gasteiger partial charge < -0.3 is 15.8 Å². The summed E-state index contributed by atoms with van der Waals surface area (Å²) < 4.78 is 5.10. The van der Waals surface area contributed by atoms with E-state index in [1.807, 2.05) is 18.2 Å². The number of rotatable bonds is 5. The van der Waals surface area contributed by atoms with Gasteiger partial charge in [0.25, 0.3) is 0 Å². The van der Waals surface area contributed by atoms with Crippen LogP contribution >= 0.6 is 0 Å². The Balaban J connectivity index is 1.96. The summed E-state index contributed by atoms with van der Waals surface area (Å²) in [6, 6.07) is 5.75. The molecule has 17 heavy (non-hydrogen) atoms. The predicted octanol–water partition coefficient (Wildman–Crippen LogP) is 2.02. The molecule has 0 radical (unpaired) electrons. The Morgan fingerprint density at radius 1 is 1.41 bits per heavy atom. The average Bonchev–Trinajstić information content (AvgIpc) is 2.86. The molecule has 1 heterocycles. The molecule has 1 aliphatic carbocycles. The highest BCUT2D eigenvalue weighted by atomic mass is 16.5. The fraction of sp³-hybridized carbons (Fsp3) is 0.615. The zero-order chi connectivity index (χ0) is 12.1. The number of nitrogens with two attached hydrogens (primary N) is 1. The van der Waals surface area contributed by atoms with Crippen LogP contribution in [0.4, 0.5) is 5.82 Å². The van der Waals surface area contributed by atoms with Crippen LogP contribution in [0.3, 0.4) is 0 Å². The van der Waals surface area contributed by atoms with Gasteiger partial charge in [0.05, 0.1) is 7.11 Å². The van der Waals surface area contributed by atoms with E-state index in [9.17, 15) is 0 Å². The smallest absolute Gasteiger partial charge is 0.214 e. The first-order valence-corrected chi connectivity index (χ1v) is 6.23. The molecule has 3 N–H and O–H groups in total. The van der Waals surface area contributed by atoms with Gasteiger partial charge in [0.15, 0.2) is 0 Å². The van der Waals surface area contributed by atoms with Crippen LogP contribution in [0.15, 0.2) is 18.2 Å². The van der Waals surface area contributed by atoms with Crippen LogP contribution in [0, 0.1) is 5.41 Å². The Kier molecular flexibility index (Phi) is 3.84. The van der Waals surface area contributed by atoms with Gasteiger partial charge in [-0.05, 0) is 30.9 Å². The molecule has 1 aliphatic rings. The lowest BCUT2D eigenvalue weighted by Gasteiger charge is -2.27. The Morgan fingerprint density at radius 2 is 2.18 bits per heavy atom. The van der Waals surface area contributed by atoms with Gasteiger partial charge in [0, 0.05) is 12.6 Å². The van der Waals surface area contributed by atoms with Crippen molar-refractivity contribution in [1.82, 2.24) is 4.98 Å². The lowest BCUT2D eigenvalue weighted by Crippen LogP contribution is -2.34. The molecule has 0 atom stereocenters. The van der Waals surface area contributed by atoms with E-state index in [1.54, 1.807) is 7.11 Å². The number of pyridine rings is 1. The third-order valence-electron chi connectivity index (χ3n) is 3.67. The van der Waals surface area contributed by atoms with Gasteiger partial charge in [-0.1, -0.05) is 18.9 Å². The van der Waals surface area contributed by atoms with Crippen LogP contribution < -0.4 is 15.8 Å². The van der Waals surface area contributed by atoms with Crippen molar-refractivity contribution < 1.29 is 4.74 Å². The summed E-state index contributed by atoms with van der Waals surface area (Å²) in [5.74, 6) is 1.51. The van der Waals surface area contributed by atoms with E-state index in [4.69, 9.17) is 10.5 Å². The molecule has 0 spiro atoms. The monoisotopic (exact) mass is 235 g/mol. The Labute approximate surface area is 103 Å². The highest BCUT2D eigenvalue weighted by Gasteiger charge is 2.32. The van der Waals surface area contributed by atoms with Crippen molar-refractivity contribution >= 4 is 5.82 Å². The number of nitrogens with zero attached hydrogens (tertiary/aromatic N) is 1. The van der Waals surface area contributed by atoms with Gasteiger partial charge in [0.2, 0.25) is 5.88 Å². The molecule has 1 aromatic rings. The zero-order valence-electron chi connectivity index (χ0n) is 10.4. The molecule has 0 unspecified atom stereocenters. The summed E-state index contributed by atoms with van der Waals surface area (Å²) in [5, 5.41) is 3.38. The minimum Gasteiger partial charge on any atom is -0.481 e. The van der Waals surface area contributed by atoms with Crippen LogP contribution in [-0.2, 0) is 0 Å². The van der Waals surface area contributed by atoms with Crippen molar-refractivity contribution in [2.45, 2.75) is 25.7 Å². The fourth-order valence-corrected chi connectivity index (χ4v) is 2.48. The van der Waals surface area contributed by atoms with Gasteiger partial charge >= 0.3 is 0 Å². The Hall–Kier alpha value is -1.29. The second-order valence-corrected chi connectivity index (χ2v) is 4.83. The van der Waals surface area contributed by atoms with E-state index >= 15 is 0 Å². The number of anilines is 1. The summed E-state index contributed by atoms with van der Waals surface area (Å²) in [6.45, 7) is 1.66. The predicted molar refractivity (Wildman–Crippen MR) is 69.2 cm³/mol. The van der Waals surface area contributed by atoms with Crippen molar-refractivity contribution in [3.8, 4) is 5.88 Å². The number of nitrogens with one attached hydrogen (secondary N) is 1. The fourth-order valence-electron chi connectivity index (χ4n) is 2.48. The lowest BCUT2D eigenvalue weighted by atomic mass is 9.86. The first kappa shape index (κ1) is 12.2. The van der Waals surface area contributed by atoms with Crippen LogP contribution in [-0.4, -0.2) is 25.2 Å². The van der Waals surface area contributed by atoms with Crippen molar-refractivity contribution in [3.05, 3.63) is 18.2 Å². The number of ether oxygens (including phenoxy) is 1. The van der Waals surface area contributed by atoms with Gasteiger partial charge in [-0.3, -0.25) is 0 Å². The molecular weight excluding hydrogens is 214 g/mol. The maximum atomic E-state index is 5.90. The SMILES string of the molecule is COc1cccc(NCC2(CN)CCCC2)n1. The highest BCUT2D eigenvalue weighted by molar-refractivity contribution is 5.37. The van der Waals surface area contributed by atoms with E-state index < -0.39 is 0 Å². The standard InChI is InChI=1S/C13H21N3O/c1-17-12-6-4-5-11(16-12)15-10-13(9-14)7-2-3-8-13/h4-6H,2-3,7-10,14H2,1H3,(H,15,16). The molecule has 1 fully saturated rings. The molecule has 0 amide bonds. The number of hydrogen-bond acceptors (Lipinski definition) is 4.